The molecular weight excluding hydrogens is 414 g/mol. The van der Waals surface area contributed by atoms with E-state index in [1.54, 1.807) is 0 Å². The van der Waals surface area contributed by atoms with E-state index in [2.05, 4.69) is 15.1 Å². The molecule has 3 rings (SSSR count). The molecule has 150 valence electrons. The third-order valence-corrected chi connectivity index (χ3v) is 5.49. The minimum absolute atomic E-state index is 0.207. The first-order valence-electron chi connectivity index (χ1n) is 7.57. The summed E-state index contributed by atoms with van der Waals surface area (Å²) in [5.74, 6) is -0.504. The summed E-state index contributed by atoms with van der Waals surface area (Å²) in [7, 11) is -4.14. The molecule has 13 heteroatoms. The highest BCUT2D eigenvalue weighted by Gasteiger charge is 2.35. The molecule has 0 spiro atoms. The summed E-state index contributed by atoms with van der Waals surface area (Å²) in [5, 5.41) is 3.29. The van der Waals surface area contributed by atoms with Gasteiger partial charge in [-0.3, -0.25) is 4.98 Å². The van der Waals surface area contributed by atoms with Crippen LogP contribution in [0.3, 0.4) is 0 Å². The maximum atomic E-state index is 12.9. The fourth-order valence-corrected chi connectivity index (χ4v) is 3.40. The molecule has 0 saturated heterocycles. The quantitative estimate of drug-likeness (QED) is 0.601. The second kappa shape index (κ2) is 6.43. The Labute approximate surface area is 153 Å². The summed E-state index contributed by atoms with van der Waals surface area (Å²) in [6, 6.07) is 2.18. The van der Waals surface area contributed by atoms with Crippen LogP contribution in [0.4, 0.5) is 26.3 Å². The fraction of sp³-hybridized carbons (Fsp3) is 0.267. The van der Waals surface area contributed by atoms with Crippen molar-refractivity contribution in [2.24, 2.45) is 0 Å². The average Bonchev–Trinajstić information content (AvgIpc) is 3.04. The van der Waals surface area contributed by atoms with Gasteiger partial charge in [-0.25, -0.2) is 17.9 Å². The van der Waals surface area contributed by atoms with Crippen molar-refractivity contribution in [2.75, 3.05) is 5.75 Å². The monoisotopic (exact) mass is 424 g/mol. The van der Waals surface area contributed by atoms with E-state index in [0.717, 1.165) is 16.8 Å². The van der Waals surface area contributed by atoms with Crippen LogP contribution in [0.25, 0.3) is 17.0 Å². The summed E-state index contributed by atoms with van der Waals surface area (Å²) < 4.78 is 103. The number of sulfone groups is 1. The zero-order valence-corrected chi connectivity index (χ0v) is 14.7. The molecule has 0 aliphatic rings. The number of pyridine rings is 1. The molecule has 0 aromatic carbocycles. The summed E-state index contributed by atoms with van der Waals surface area (Å²) in [6.07, 6.45) is -8.03. The van der Waals surface area contributed by atoms with Gasteiger partial charge >= 0.3 is 12.4 Å². The largest absolute Gasteiger partial charge is 0.435 e. The molecule has 28 heavy (non-hydrogen) atoms. The lowest BCUT2D eigenvalue weighted by Crippen LogP contribution is -2.12. The molecule has 0 aliphatic carbocycles. The second-order valence-electron chi connectivity index (χ2n) is 5.61. The number of hydrogen-bond acceptors (Lipinski definition) is 5. The zero-order valence-electron chi connectivity index (χ0n) is 13.9. The van der Waals surface area contributed by atoms with Gasteiger partial charge in [-0.15, -0.1) is 0 Å². The van der Waals surface area contributed by atoms with Crippen molar-refractivity contribution in [1.29, 1.82) is 0 Å². The average molecular weight is 424 g/mol. The Balaban J connectivity index is 2.22. The first kappa shape index (κ1) is 20.0. The second-order valence-corrected chi connectivity index (χ2v) is 7.86. The van der Waals surface area contributed by atoms with Gasteiger partial charge in [-0.2, -0.15) is 31.4 Å². The molecule has 0 aliphatic heterocycles. The molecule has 0 radical (unpaired) electrons. The van der Waals surface area contributed by atoms with E-state index in [-0.39, 0.29) is 11.3 Å². The van der Waals surface area contributed by atoms with Crippen molar-refractivity contribution in [1.82, 2.24) is 19.6 Å². The van der Waals surface area contributed by atoms with Crippen LogP contribution in [0.15, 0.2) is 35.5 Å². The number of halogens is 6. The Morgan fingerprint density at radius 3 is 2.32 bits per heavy atom. The molecule has 0 fully saturated rings. The number of aromatic nitrogens is 4. The Bertz CT molecular complexity index is 1150. The van der Waals surface area contributed by atoms with Crippen molar-refractivity contribution in [3.05, 3.63) is 41.9 Å². The molecule has 0 saturated carbocycles. The lowest BCUT2D eigenvalue weighted by molar-refractivity contribution is -0.141. The summed E-state index contributed by atoms with van der Waals surface area (Å²) in [6.45, 7) is 1.24. The van der Waals surface area contributed by atoms with E-state index >= 15 is 0 Å². The predicted octanol–water partition coefficient (Wildman–Crippen LogP) is 3.62. The summed E-state index contributed by atoms with van der Waals surface area (Å²) in [5.41, 5.74) is -3.37. The highest BCUT2D eigenvalue weighted by molar-refractivity contribution is 7.91. The van der Waals surface area contributed by atoms with Gasteiger partial charge in [0.05, 0.1) is 21.9 Å². The lowest BCUT2D eigenvalue weighted by Gasteiger charge is -2.12. The number of nitrogens with zero attached hydrogens (tertiary/aromatic N) is 4. The molecule has 0 N–H and O–H groups in total. The van der Waals surface area contributed by atoms with Crippen molar-refractivity contribution in [3.8, 4) is 11.4 Å². The van der Waals surface area contributed by atoms with E-state index in [1.807, 2.05) is 0 Å². The number of rotatable bonds is 3. The first-order chi connectivity index (χ1) is 12.8. The summed E-state index contributed by atoms with van der Waals surface area (Å²) >= 11 is 0. The standard InChI is InChI=1S/C15H10F6N4O2S/c1-2-28(26,27)10-5-8(14(16,17)18)7-22-13(10)9-3-4-25-12(23-9)6-11(24-25)15(19,20)21/h3-7H,2H2,1H3. The Morgan fingerprint density at radius 1 is 1.07 bits per heavy atom. The molecule has 0 unspecified atom stereocenters. The fourth-order valence-electron chi connectivity index (χ4n) is 2.33. The van der Waals surface area contributed by atoms with Crippen LogP contribution in [0.5, 0.6) is 0 Å². The van der Waals surface area contributed by atoms with Gasteiger partial charge in [-0.05, 0) is 12.1 Å². The number of fused-ring (bicyclic) bond motifs is 1. The molecule has 6 nitrogen and oxygen atoms in total. The van der Waals surface area contributed by atoms with Crippen LogP contribution in [-0.4, -0.2) is 33.8 Å². The number of hydrogen-bond donors (Lipinski definition) is 0. The van der Waals surface area contributed by atoms with Crippen LogP contribution in [-0.2, 0) is 22.2 Å². The van der Waals surface area contributed by atoms with Gasteiger partial charge in [0.2, 0.25) is 0 Å². The Hall–Kier alpha value is -2.70. The van der Waals surface area contributed by atoms with Crippen LogP contribution in [0.2, 0.25) is 0 Å². The minimum atomic E-state index is -4.83. The minimum Gasteiger partial charge on any atom is -0.253 e. The lowest BCUT2D eigenvalue weighted by atomic mass is 10.2. The van der Waals surface area contributed by atoms with E-state index in [4.69, 9.17) is 0 Å². The van der Waals surface area contributed by atoms with Gasteiger partial charge in [0.15, 0.2) is 21.2 Å². The van der Waals surface area contributed by atoms with Crippen LogP contribution >= 0.6 is 0 Å². The Morgan fingerprint density at radius 2 is 1.75 bits per heavy atom. The molecular formula is C15H10F6N4O2S. The normalized spacial score (nSPS) is 13.2. The van der Waals surface area contributed by atoms with Crippen molar-refractivity contribution in [2.45, 2.75) is 24.2 Å². The van der Waals surface area contributed by atoms with E-state index in [1.165, 1.54) is 6.92 Å². The number of alkyl halides is 6. The molecule has 0 amide bonds. The van der Waals surface area contributed by atoms with Crippen molar-refractivity contribution >= 4 is 15.5 Å². The topological polar surface area (TPSA) is 77.2 Å². The highest BCUT2D eigenvalue weighted by Crippen LogP contribution is 2.34. The van der Waals surface area contributed by atoms with Gasteiger partial charge in [0.25, 0.3) is 0 Å². The summed E-state index contributed by atoms with van der Waals surface area (Å²) in [4.78, 5) is 6.74. The highest BCUT2D eigenvalue weighted by atomic mass is 32.2. The zero-order chi connectivity index (χ0) is 20.9. The maximum Gasteiger partial charge on any atom is 0.435 e. The van der Waals surface area contributed by atoms with Crippen molar-refractivity contribution < 1.29 is 34.8 Å². The SMILES string of the molecule is CCS(=O)(=O)c1cc(C(F)(F)F)cnc1-c1ccn2nc(C(F)(F)F)cc2n1. The predicted molar refractivity (Wildman–Crippen MR) is 83.9 cm³/mol. The third kappa shape index (κ3) is 3.66. The van der Waals surface area contributed by atoms with Gasteiger partial charge in [0.1, 0.15) is 5.69 Å². The van der Waals surface area contributed by atoms with Crippen LogP contribution < -0.4 is 0 Å². The molecule has 3 heterocycles. The smallest absolute Gasteiger partial charge is 0.253 e. The van der Waals surface area contributed by atoms with Gasteiger partial charge in [-0.1, -0.05) is 6.92 Å². The third-order valence-electron chi connectivity index (χ3n) is 3.75. The van der Waals surface area contributed by atoms with Crippen LogP contribution in [0, 0.1) is 0 Å². The first-order valence-corrected chi connectivity index (χ1v) is 9.22. The molecule has 3 aromatic rings. The Kier molecular flexibility index (Phi) is 4.60. The van der Waals surface area contributed by atoms with E-state index in [9.17, 15) is 34.8 Å². The van der Waals surface area contributed by atoms with E-state index in [0.29, 0.717) is 18.3 Å². The van der Waals surface area contributed by atoms with Crippen molar-refractivity contribution in [3.63, 3.8) is 0 Å². The molecule has 0 bridgehead atoms. The van der Waals surface area contributed by atoms with Gasteiger partial charge in [0, 0.05) is 18.5 Å². The molecule has 3 aromatic heterocycles. The van der Waals surface area contributed by atoms with E-state index < -0.39 is 49.8 Å². The maximum absolute atomic E-state index is 12.9. The molecule has 0 atom stereocenters. The van der Waals surface area contributed by atoms with Gasteiger partial charge < -0.3 is 0 Å². The van der Waals surface area contributed by atoms with Crippen LogP contribution in [0.1, 0.15) is 18.2 Å².